The number of hydrogen-bond donors (Lipinski definition) is 1. The second kappa shape index (κ2) is 6.06. The number of hydrogen-bond acceptors (Lipinski definition) is 2. The molecule has 1 aromatic rings. The second-order valence-corrected chi connectivity index (χ2v) is 5.46. The van der Waals surface area contributed by atoms with Gasteiger partial charge in [-0.2, -0.15) is 0 Å². The molecule has 0 saturated carbocycles. The predicted molar refractivity (Wildman–Crippen MR) is 76.5 cm³/mol. The Morgan fingerprint density at radius 3 is 2.59 bits per heavy atom. The lowest BCUT2D eigenvalue weighted by molar-refractivity contribution is 0.312. The Morgan fingerprint density at radius 1 is 1.35 bits per heavy atom. The van der Waals surface area contributed by atoms with Gasteiger partial charge in [-0.05, 0) is 43.0 Å². The fourth-order valence-electron chi connectivity index (χ4n) is 2.38. The molecular formula is C15H26N2. The molecule has 17 heavy (non-hydrogen) atoms. The highest BCUT2D eigenvalue weighted by Gasteiger charge is 2.23. The third-order valence-electron chi connectivity index (χ3n) is 3.41. The van der Waals surface area contributed by atoms with Crippen molar-refractivity contribution in [3.63, 3.8) is 0 Å². The molecule has 0 aliphatic heterocycles. The van der Waals surface area contributed by atoms with Crippen LogP contribution in [0.5, 0.6) is 0 Å². The van der Waals surface area contributed by atoms with Crippen LogP contribution in [0.3, 0.4) is 0 Å². The third-order valence-corrected chi connectivity index (χ3v) is 3.41. The third kappa shape index (κ3) is 4.04. The molecule has 1 atom stereocenters. The van der Waals surface area contributed by atoms with Crippen molar-refractivity contribution in [1.29, 1.82) is 0 Å². The smallest absolute Gasteiger partial charge is 0.0366 e. The Bertz CT molecular complexity index is 349. The van der Waals surface area contributed by atoms with Crippen molar-refractivity contribution in [2.45, 2.75) is 33.6 Å². The first-order valence-electron chi connectivity index (χ1n) is 6.48. The van der Waals surface area contributed by atoms with Crippen LogP contribution in [0.4, 0.5) is 5.69 Å². The Kier molecular flexibility index (Phi) is 5.01. The first kappa shape index (κ1) is 14.0. The molecule has 0 heterocycles. The zero-order chi connectivity index (χ0) is 12.9. The van der Waals surface area contributed by atoms with E-state index in [1.807, 2.05) is 0 Å². The van der Waals surface area contributed by atoms with Gasteiger partial charge in [-0.1, -0.05) is 32.4 Å². The van der Waals surface area contributed by atoms with E-state index in [9.17, 15) is 0 Å². The van der Waals surface area contributed by atoms with Crippen molar-refractivity contribution in [3.05, 3.63) is 29.8 Å². The van der Waals surface area contributed by atoms with Crippen LogP contribution in [0.1, 0.15) is 32.3 Å². The highest BCUT2D eigenvalue weighted by molar-refractivity contribution is 5.47. The molecule has 2 nitrogen and oxygen atoms in total. The number of nitrogens with zero attached hydrogens (tertiary/aromatic N) is 1. The molecule has 1 unspecified atom stereocenters. The average molecular weight is 234 g/mol. The number of nitrogens with two attached hydrogens (primary N) is 1. The lowest BCUT2D eigenvalue weighted by Crippen LogP contribution is -2.39. The molecule has 1 aromatic carbocycles. The van der Waals surface area contributed by atoms with Crippen LogP contribution in [0, 0.1) is 12.3 Å². The molecule has 2 N–H and O–H groups in total. The van der Waals surface area contributed by atoms with Crippen LogP contribution in [0.15, 0.2) is 24.3 Å². The average Bonchev–Trinajstić information content (AvgIpc) is 2.29. The van der Waals surface area contributed by atoms with Crippen LogP contribution in [-0.4, -0.2) is 20.1 Å². The molecule has 96 valence electrons. The maximum Gasteiger partial charge on any atom is 0.0366 e. The van der Waals surface area contributed by atoms with Gasteiger partial charge in [0.15, 0.2) is 0 Å². The summed E-state index contributed by atoms with van der Waals surface area (Å²) in [6.45, 7) is 8.40. The van der Waals surface area contributed by atoms with E-state index in [4.69, 9.17) is 5.73 Å². The molecule has 0 bridgehead atoms. The highest BCUT2D eigenvalue weighted by Crippen LogP contribution is 2.25. The van der Waals surface area contributed by atoms with Crippen LogP contribution in [0.25, 0.3) is 0 Å². The van der Waals surface area contributed by atoms with Crippen LogP contribution >= 0.6 is 0 Å². The van der Waals surface area contributed by atoms with E-state index in [1.165, 1.54) is 24.1 Å². The minimum absolute atomic E-state index is 0.216. The first-order chi connectivity index (χ1) is 8.00. The second-order valence-electron chi connectivity index (χ2n) is 5.46. The zero-order valence-electron chi connectivity index (χ0n) is 11.7. The molecule has 0 saturated heterocycles. The van der Waals surface area contributed by atoms with Crippen molar-refractivity contribution < 1.29 is 0 Å². The van der Waals surface area contributed by atoms with Gasteiger partial charge in [0.1, 0.15) is 0 Å². The SMILES string of the molecule is CCCC(C)(CN)CN(C)c1cccc(C)c1. The molecule has 0 fully saturated rings. The van der Waals surface area contributed by atoms with Crippen molar-refractivity contribution in [3.8, 4) is 0 Å². The summed E-state index contributed by atoms with van der Waals surface area (Å²) in [5, 5.41) is 0. The number of benzene rings is 1. The molecule has 0 amide bonds. The molecule has 0 radical (unpaired) electrons. The Morgan fingerprint density at radius 2 is 2.06 bits per heavy atom. The molecule has 1 rings (SSSR count). The lowest BCUT2D eigenvalue weighted by Gasteiger charge is -2.34. The molecular weight excluding hydrogens is 208 g/mol. The van der Waals surface area contributed by atoms with Gasteiger partial charge >= 0.3 is 0 Å². The predicted octanol–water partition coefficient (Wildman–Crippen LogP) is 3.20. The van der Waals surface area contributed by atoms with Crippen molar-refractivity contribution in [1.82, 2.24) is 0 Å². The van der Waals surface area contributed by atoms with Crippen LogP contribution in [-0.2, 0) is 0 Å². The summed E-state index contributed by atoms with van der Waals surface area (Å²) in [7, 11) is 2.15. The van der Waals surface area contributed by atoms with Gasteiger partial charge in [0.05, 0.1) is 0 Å². The molecule has 0 aliphatic rings. The normalized spacial score (nSPS) is 14.4. The summed E-state index contributed by atoms with van der Waals surface area (Å²) in [6.07, 6.45) is 2.37. The standard InChI is InChI=1S/C15H26N2/c1-5-9-15(3,11-16)12-17(4)14-8-6-7-13(2)10-14/h6-8,10H,5,9,11-12,16H2,1-4H3. The van der Waals surface area contributed by atoms with Gasteiger partial charge in [-0.15, -0.1) is 0 Å². The van der Waals surface area contributed by atoms with Crippen LogP contribution in [0.2, 0.25) is 0 Å². The van der Waals surface area contributed by atoms with Crippen LogP contribution < -0.4 is 10.6 Å². The first-order valence-corrected chi connectivity index (χ1v) is 6.48. The summed E-state index contributed by atoms with van der Waals surface area (Å²) in [4.78, 5) is 2.32. The summed E-state index contributed by atoms with van der Waals surface area (Å²) in [6, 6.07) is 8.63. The van der Waals surface area contributed by atoms with E-state index < -0.39 is 0 Å². The lowest BCUT2D eigenvalue weighted by atomic mass is 9.85. The fourth-order valence-corrected chi connectivity index (χ4v) is 2.38. The summed E-state index contributed by atoms with van der Waals surface area (Å²) in [5.74, 6) is 0. The van der Waals surface area contributed by atoms with E-state index in [-0.39, 0.29) is 5.41 Å². The quantitative estimate of drug-likeness (QED) is 0.819. The van der Waals surface area contributed by atoms with E-state index in [0.717, 1.165) is 13.1 Å². The number of aryl methyl sites for hydroxylation is 1. The molecule has 0 aromatic heterocycles. The van der Waals surface area contributed by atoms with Gasteiger partial charge in [-0.3, -0.25) is 0 Å². The Balaban J connectivity index is 2.73. The molecule has 2 heteroatoms. The van der Waals surface area contributed by atoms with E-state index >= 15 is 0 Å². The largest absolute Gasteiger partial charge is 0.374 e. The minimum atomic E-state index is 0.216. The minimum Gasteiger partial charge on any atom is -0.374 e. The Hall–Kier alpha value is -1.02. The van der Waals surface area contributed by atoms with Gasteiger partial charge in [0, 0.05) is 19.3 Å². The maximum absolute atomic E-state index is 5.92. The summed E-state index contributed by atoms with van der Waals surface area (Å²) >= 11 is 0. The zero-order valence-corrected chi connectivity index (χ0v) is 11.7. The highest BCUT2D eigenvalue weighted by atomic mass is 15.1. The maximum atomic E-state index is 5.92. The Labute approximate surface area is 106 Å². The van der Waals surface area contributed by atoms with Crippen molar-refractivity contribution >= 4 is 5.69 Å². The number of rotatable bonds is 6. The van der Waals surface area contributed by atoms with E-state index in [1.54, 1.807) is 0 Å². The molecule has 0 spiro atoms. The monoisotopic (exact) mass is 234 g/mol. The number of anilines is 1. The summed E-state index contributed by atoms with van der Waals surface area (Å²) < 4.78 is 0. The van der Waals surface area contributed by atoms with Gasteiger partial charge in [0.25, 0.3) is 0 Å². The van der Waals surface area contributed by atoms with Gasteiger partial charge in [-0.25, -0.2) is 0 Å². The van der Waals surface area contributed by atoms with Gasteiger partial charge < -0.3 is 10.6 Å². The summed E-state index contributed by atoms with van der Waals surface area (Å²) in [5.41, 5.74) is 8.72. The van der Waals surface area contributed by atoms with Crippen molar-refractivity contribution in [2.24, 2.45) is 11.1 Å². The van der Waals surface area contributed by atoms with E-state index in [0.29, 0.717) is 0 Å². The van der Waals surface area contributed by atoms with Gasteiger partial charge in [0.2, 0.25) is 0 Å². The van der Waals surface area contributed by atoms with E-state index in [2.05, 4.69) is 57.0 Å². The van der Waals surface area contributed by atoms with Crippen molar-refractivity contribution in [2.75, 3.05) is 25.0 Å². The topological polar surface area (TPSA) is 29.3 Å². The fraction of sp³-hybridized carbons (Fsp3) is 0.600. The molecule has 0 aliphatic carbocycles.